The van der Waals surface area contributed by atoms with Gasteiger partial charge in [-0.05, 0) is 39.0 Å². The fourth-order valence-corrected chi connectivity index (χ4v) is 2.92. The third-order valence-corrected chi connectivity index (χ3v) is 4.10. The Bertz CT molecular complexity index is 307. The molecule has 1 amide bonds. The minimum Gasteiger partial charge on any atom is -0.444 e. The van der Waals surface area contributed by atoms with E-state index >= 15 is 0 Å². The molecule has 1 saturated carbocycles. The van der Waals surface area contributed by atoms with Crippen molar-refractivity contribution in [2.75, 3.05) is 13.2 Å². The van der Waals surface area contributed by atoms with Crippen molar-refractivity contribution < 1.29 is 14.6 Å². The first kappa shape index (κ1) is 13.7. The molecule has 2 aliphatic rings. The standard InChI is InChI=1S/C14H25NO3/c1-14(2,3)18-13(17)15-8-11(7-12(15)9-16)10-5-4-6-10/h10-12,16H,4-9H2,1-3H3/t11?,12-/m1/s1. The summed E-state index contributed by atoms with van der Waals surface area (Å²) in [7, 11) is 0. The van der Waals surface area contributed by atoms with E-state index in [0.717, 1.165) is 18.9 Å². The molecule has 0 aromatic heterocycles. The van der Waals surface area contributed by atoms with Gasteiger partial charge in [0, 0.05) is 6.54 Å². The Morgan fingerprint density at radius 2 is 2.00 bits per heavy atom. The van der Waals surface area contributed by atoms with E-state index in [2.05, 4.69) is 0 Å². The average Bonchev–Trinajstić information content (AvgIpc) is 2.56. The number of hydrogen-bond donors (Lipinski definition) is 1. The molecular weight excluding hydrogens is 230 g/mol. The van der Waals surface area contributed by atoms with E-state index in [-0.39, 0.29) is 18.7 Å². The van der Waals surface area contributed by atoms with Gasteiger partial charge in [0.15, 0.2) is 0 Å². The summed E-state index contributed by atoms with van der Waals surface area (Å²) in [6.45, 7) is 6.42. The molecule has 0 aromatic carbocycles. The Morgan fingerprint density at radius 1 is 1.33 bits per heavy atom. The van der Waals surface area contributed by atoms with Gasteiger partial charge in [-0.15, -0.1) is 0 Å². The van der Waals surface area contributed by atoms with Crippen LogP contribution in [0.5, 0.6) is 0 Å². The van der Waals surface area contributed by atoms with Crippen LogP contribution >= 0.6 is 0 Å². The predicted octanol–water partition coefficient (Wildman–Crippen LogP) is 2.40. The first-order valence-corrected chi connectivity index (χ1v) is 7.01. The lowest BCUT2D eigenvalue weighted by atomic mass is 9.75. The van der Waals surface area contributed by atoms with Gasteiger partial charge in [0.2, 0.25) is 0 Å². The second-order valence-electron chi connectivity index (χ2n) is 6.66. The summed E-state index contributed by atoms with van der Waals surface area (Å²) in [4.78, 5) is 13.8. The molecule has 1 N–H and O–H groups in total. The number of carbonyl (C=O) groups excluding carboxylic acids is 1. The summed E-state index contributed by atoms with van der Waals surface area (Å²) >= 11 is 0. The zero-order valence-corrected chi connectivity index (χ0v) is 11.7. The highest BCUT2D eigenvalue weighted by Crippen LogP contribution is 2.40. The molecule has 1 saturated heterocycles. The first-order valence-electron chi connectivity index (χ1n) is 7.01. The number of aliphatic hydroxyl groups is 1. The van der Waals surface area contributed by atoms with Crippen molar-refractivity contribution in [2.24, 2.45) is 11.8 Å². The van der Waals surface area contributed by atoms with Crippen LogP contribution in [0, 0.1) is 11.8 Å². The van der Waals surface area contributed by atoms with Crippen LogP contribution in [0.15, 0.2) is 0 Å². The monoisotopic (exact) mass is 255 g/mol. The van der Waals surface area contributed by atoms with Crippen LogP contribution in [0.2, 0.25) is 0 Å². The quantitative estimate of drug-likeness (QED) is 0.824. The highest BCUT2D eigenvalue weighted by molar-refractivity contribution is 5.69. The molecule has 2 rings (SSSR count). The normalized spacial score (nSPS) is 29.2. The van der Waals surface area contributed by atoms with Crippen molar-refractivity contribution >= 4 is 6.09 Å². The lowest BCUT2D eigenvalue weighted by molar-refractivity contribution is 0.0167. The third kappa shape index (κ3) is 2.97. The molecule has 104 valence electrons. The second kappa shape index (κ2) is 5.08. The molecule has 0 radical (unpaired) electrons. The summed E-state index contributed by atoms with van der Waals surface area (Å²) < 4.78 is 5.41. The van der Waals surface area contributed by atoms with E-state index in [4.69, 9.17) is 4.74 Å². The van der Waals surface area contributed by atoms with Gasteiger partial charge in [-0.2, -0.15) is 0 Å². The Labute approximate surface area is 109 Å². The number of nitrogens with zero attached hydrogens (tertiary/aromatic N) is 1. The molecule has 1 unspecified atom stereocenters. The number of rotatable bonds is 2. The van der Waals surface area contributed by atoms with Crippen molar-refractivity contribution in [3.63, 3.8) is 0 Å². The fraction of sp³-hybridized carbons (Fsp3) is 0.929. The van der Waals surface area contributed by atoms with Crippen LogP contribution in [0.3, 0.4) is 0 Å². The number of likely N-dealkylation sites (tertiary alicyclic amines) is 1. The lowest BCUT2D eigenvalue weighted by Gasteiger charge is -2.31. The molecule has 0 aromatic rings. The van der Waals surface area contributed by atoms with Gasteiger partial charge < -0.3 is 14.7 Å². The highest BCUT2D eigenvalue weighted by atomic mass is 16.6. The van der Waals surface area contributed by atoms with Crippen LogP contribution in [0.4, 0.5) is 4.79 Å². The summed E-state index contributed by atoms with van der Waals surface area (Å²) in [5, 5.41) is 9.42. The van der Waals surface area contributed by atoms with Crippen LogP contribution < -0.4 is 0 Å². The van der Waals surface area contributed by atoms with Crippen LogP contribution in [0.25, 0.3) is 0 Å². The largest absolute Gasteiger partial charge is 0.444 e. The number of hydrogen-bond acceptors (Lipinski definition) is 3. The molecular formula is C14H25NO3. The van der Waals surface area contributed by atoms with Gasteiger partial charge in [0.25, 0.3) is 0 Å². The summed E-state index contributed by atoms with van der Waals surface area (Å²) in [5.41, 5.74) is -0.467. The number of ether oxygens (including phenoxy) is 1. The molecule has 1 aliphatic carbocycles. The fourth-order valence-electron chi connectivity index (χ4n) is 2.92. The zero-order chi connectivity index (χ0) is 13.3. The zero-order valence-electron chi connectivity index (χ0n) is 11.7. The van der Waals surface area contributed by atoms with E-state index in [9.17, 15) is 9.90 Å². The Hall–Kier alpha value is -0.770. The second-order valence-corrected chi connectivity index (χ2v) is 6.66. The Kier molecular flexibility index (Phi) is 3.85. The molecule has 1 heterocycles. The molecule has 0 bridgehead atoms. The predicted molar refractivity (Wildman–Crippen MR) is 69.3 cm³/mol. The third-order valence-electron chi connectivity index (χ3n) is 4.10. The minimum absolute atomic E-state index is 0.0441. The average molecular weight is 255 g/mol. The number of carbonyl (C=O) groups is 1. The highest BCUT2D eigenvalue weighted by Gasteiger charge is 2.41. The van der Waals surface area contributed by atoms with Crippen LogP contribution in [0.1, 0.15) is 46.5 Å². The molecule has 4 heteroatoms. The van der Waals surface area contributed by atoms with E-state index in [1.54, 1.807) is 4.90 Å². The Balaban J connectivity index is 1.95. The van der Waals surface area contributed by atoms with Crippen molar-refractivity contribution in [1.82, 2.24) is 4.90 Å². The number of aliphatic hydroxyl groups excluding tert-OH is 1. The summed E-state index contributed by atoms with van der Waals surface area (Å²) in [5.74, 6) is 1.31. The maximum absolute atomic E-state index is 12.1. The van der Waals surface area contributed by atoms with E-state index in [1.807, 2.05) is 20.8 Å². The smallest absolute Gasteiger partial charge is 0.410 e. The van der Waals surface area contributed by atoms with E-state index in [0.29, 0.717) is 5.92 Å². The van der Waals surface area contributed by atoms with Gasteiger partial charge in [0.1, 0.15) is 5.60 Å². The van der Waals surface area contributed by atoms with Crippen molar-refractivity contribution in [3.8, 4) is 0 Å². The SMILES string of the molecule is CC(C)(C)OC(=O)N1CC(C2CCC2)C[C@@H]1CO. The lowest BCUT2D eigenvalue weighted by Crippen LogP contribution is -2.41. The first-order chi connectivity index (χ1) is 8.40. The molecule has 4 nitrogen and oxygen atoms in total. The van der Waals surface area contributed by atoms with E-state index in [1.165, 1.54) is 19.3 Å². The van der Waals surface area contributed by atoms with Crippen molar-refractivity contribution in [1.29, 1.82) is 0 Å². The molecule has 18 heavy (non-hydrogen) atoms. The van der Waals surface area contributed by atoms with Gasteiger partial charge in [0.05, 0.1) is 12.6 Å². The summed E-state index contributed by atoms with van der Waals surface area (Å²) in [6.07, 6.45) is 4.54. The van der Waals surface area contributed by atoms with Gasteiger partial charge in [-0.1, -0.05) is 19.3 Å². The molecule has 2 fully saturated rings. The van der Waals surface area contributed by atoms with E-state index < -0.39 is 5.60 Å². The number of amides is 1. The molecule has 0 spiro atoms. The Morgan fingerprint density at radius 3 is 2.44 bits per heavy atom. The minimum atomic E-state index is -0.467. The van der Waals surface area contributed by atoms with Crippen LogP contribution in [-0.2, 0) is 4.74 Å². The maximum atomic E-state index is 12.1. The maximum Gasteiger partial charge on any atom is 0.410 e. The molecule has 1 aliphatic heterocycles. The molecule has 2 atom stereocenters. The van der Waals surface area contributed by atoms with Crippen molar-refractivity contribution in [3.05, 3.63) is 0 Å². The topological polar surface area (TPSA) is 49.8 Å². The van der Waals surface area contributed by atoms with Crippen LogP contribution in [-0.4, -0.2) is 40.9 Å². The van der Waals surface area contributed by atoms with Gasteiger partial charge in [-0.25, -0.2) is 4.79 Å². The van der Waals surface area contributed by atoms with Crippen molar-refractivity contribution in [2.45, 2.75) is 58.1 Å². The van der Waals surface area contributed by atoms with Gasteiger partial charge >= 0.3 is 6.09 Å². The van der Waals surface area contributed by atoms with Gasteiger partial charge in [-0.3, -0.25) is 0 Å². The summed E-state index contributed by atoms with van der Waals surface area (Å²) in [6, 6.07) is -0.0505.